The number of aromatic nitrogens is 3. The first-order chi connectivity index (χ1) is 13.5. The Morgan fingerprint density at radius 3 is 2.64 bits per heavy atom. The Kier molecular flexibility index (Phi) is 3.57. The molecule has 3 aromatic carbocycles. The van der Waals surface area contributed by atoms with Gasteiger partial charge < -0.3 is 10.3 Å². The van der Waals surface area contributed by atoms with E-state index in [-0.39, 0.29) is 16.8 Å². The number of aromatic amines is 1. The Bertz CT molecular complexity index is 1490. The molecule has 0 unspecified atom stereocenters. The minimum atomic E-state index is -0.408. The summed E-state index contributed by atoms with van der Waals surface area (Å²) in [6, 6.07) is 12.8. The molecule has 28 heavy (non-hydrogen) atoms. The van der Waals surface area contributed by atoms with Crippen LogP contribution in [0.1, 0.15) is 0 Å². The van der Waals surface area contributed by atoms with Gasteiger partial charge in [-0.3, -0.25) is 9.89 Å². The van der Waals surface area contributed by atoms with Gasteiger partial charge in [0, 0.05) is 33.2 Å². The fraction of sp³-hybridized carbons (Fsp3) is 0.0476. The van der Waals surface area contributed by atoms with Gasteiger partial charge in [-0.15, -0.1) is 0 Å². The number of fused-ring (bicyclic) bond motifs is 4. The number of hydrogen-bond acceptors (Lipinski definition) is 3. The SMILES string of the molecule is Cn1c(=O)c(N)c(-c2ccc(F)c3[nH]ncc23)c2cc(Br)c3ccccc3c21. The molecule has 3 N–H and O–H groups in total. The van der Waals surface area contributed by atoms with Crippen molar-refractivity contribution in [2.24, 2.45) is 7.05 Å². The lowest BCUT2D eigenvalue weighted by Gasteiger charge is -2.17. The predicted molar refractivity (Wildman–Crippen MR) is 114 cm³/mol. The van der Waals surface area contributed by atoms with E-state index in [2.05, 4.69) is 26.1 Å². The Labute approximate surface area is 166 Å². The average Bonchev–Trinajstić information content (AvgIpc) is 3.19. The van der Waals surface area contributed by atoms with Crippen molar-refractivity contribution in [3.05, 3.63) is 69.3 Å². The van der Waals surface area contributed by atoms with Crippen LogP contribution < -0.4 is 11.3 Å². The normalized spacial score (nSPS) is 11.7. The molecule has 0 aliphatic rings. The first kappa shape index (κ1) is 16.9. The van der Waals surface area contributed by atoms with E-state index >= 15 is 0 Å². The Morgan fingerprint density at radius 1 is 1.11 bits per heavy atom. The van der Waals surface area contributed by atoms with Gasteiger partial charge in [0.25, 0.3) is 5.56 Å². The van der Waals surface area contributed by atoms with E-state index < -0.39 is 5.82 Å². The van der Waals surface area contributed by atoms with Crippen LogP contribution in [0.2, 0.25) is 0 Å². The van der Waals surface area contributed by atoms with E-state index in [1.807, 2.05) is 30.3 Å². The third-order valence-corrected chi connectivity index (χ3v) is 5.86. The quantitative estimate of drug-likeness (QED) is 0.373. The number of nitrogen functional groups attached to an aromatic ring is 1. The summed E-state index contributed by atoms with van der Waals surface area (Å²) in [4.78, 5) is 13.0. The highest BCUT2D eigenvalue weighted by atomic mass is 79.9. The molecular formula is C21H14BrFN4O. The molecule has 0 aliphatic carbocycles. The van der Waals surface area contributed by atoms with Gasteiger partial charge in [0.05, 0.1) is 11.7 Å². The number of nitrogens with one attached hydrogen (secondary N) is 1. The van der Waals surface area contributed by atoms with Gasteiger partial charge in [-0.05, 0) is 23.1 Å². The molecule has 0 radical (unpaired) electrons. The van der Waals surface area contributed by atoms with E-state index in [0.717, 1.165) is 26.1 Å². The maximum absolute atomic E-state index is 14.2. The molecule has 0 spiro atoms. The number of nitrogens with two attached hydrogens (primary N) is 1. The van der Waals surface area contributed by atoms with E-state index in [1.54, 1.807) is 23.9 Å². The van der Waals surface area contributed by atoms with Crippen LogP contribution in [-0.4, -0.2) is 14.8 Å². The van der Waals surface area contributed by atoms with E-state index in [1.165, 1.54) is 6.07 Å². The van der Waals surface area contributed by atoms with Crippen LogP contribution in [-0.2, 0) is 7.05 Å². The fourth-order valence-electron chi connectivity index (χ4n) is 3.91. The first-order valence-corrected chi connectivity index (χ1v) is 9.39. The van der Waals surface area contributed by atoms with Crippen molar-refractivity contribution in [2.75, 3.05) is 5.73 Å². The predicted octanol–water partition coefficient (Wildman–Crippen LogP) is 4.72. The summed E-state index contributed by atoms with van der Waals surface area (Å²) in [5.74, 6) is -0.408. The number of hydrogen-bond donors (Lipinski definition) is 2. The highest BCUT2D eigenvalue weighted by Gasteiger charge is 2.20. The van der Waals surface area contributed by atoms with Crippen molar-refractivity contribution in [2.45, 2.75) is 0 Å². The van der Waals surface area contributed by atoms with Crippen molar-refractivity contribution in [1.82, 2.24) is 14.8 Å². The molecule has 7 heteroatoms. The Hall–Kier alpha value is -3.19. The summed E-state index contributed by atoms with van der Waals surface area (Å²) in [5, 5.41) is 9.94. The van der Waals surface area contributed by atoms with Crippen LogP contribution in [0.15, 0.2) is 57.9 Å². The van der Waals surface area contributed by atoms with Gasteiger partial charge >= 0.3 is 0 Å². The smallest absolute Gasteiger partial charge is 0.274 e. The van der Waals surface area contributed by atoms with Gasteiger partial charge in [-0.25, -0.2) is 4.39 Å². The van der Waals surface area contributed by atoms with Crippen molar-refractivity contribution in [1.29, 1.82) is 0 Å². The zero-order chi connectivity index (χ0) is 19.6. The van der Waals surface area contributed by atoms with Crippen molar-refractivity contribution in [3.8, 4) is 11.1 Å². The van der Waals surface area contributed by atoms with Crippen LogP contribution in [0.25, 0.3) is 43.7 Å². The van der Waals surface area contributed by atoms with Crippen LogP contribution in [0.4, 0.5) is 10.1 Å². The van der Waals surface area contributed by atoms with Crippen LogP contribution >= 0.6 is 15.9 Å². The molecule has 0 saturated heterocycles. The van der Waals surface area contributed by atoms with Crippen LogP contribution in [0.3, 0.4) is 0 Å². The number of nitrogens with zero attached hydrogens (tertiary/aromatic N) is 2. The number of rotatable bonds is 1. The molecule has 2 aromatic heterocycles. The molecule has 0 atom stereocenters. The Morgan fingerprint density at radius 2 is 1.86 bits per heavy atom. The second kappa shape index (κ2) is 5.90. The van der Waals surface area contributed by atoms with E-state index in [9.17, 15) is 9.18 Å². The van der Waals surface area contributed by atoms with Crippen LogP contribution in [0.5, 0.6) is 0 Å². The number of H-pyrrole nitrogens is 1. The van der Waals surface area contributed by atoms with Crippen molar-refractivity contribution >= 4 is 54.2 Å². The van der Waals surface area contributed by atoms with Crippen molar-refractivity contribution in [3.63, 3.8) is 0 Å². The molecule has 0 aliphatic heterocycles. The van der Waals surface area contributed by atoms with Crippen LogP contribution in [0, 0.1) is 5.82 Å². The number of benzene rings is 3. The van der Waals surface area contributed by atoms with Gasteiger partial charge in [0.15, 0.2) is 0 Å². The lowest BCUT2D eigenvalue weighted by Crippen LogP contribution is -2.22. The van der Waals surface area contributed by atoms with Gasteiger partial charge in [-0.1, -0.05) is 46.3 Å². The summed E-state index contributed by atoms with van der Waals surface area (Å²) < 4.78 is 16.6. The largest absolute Gasteiger partial charge is 0.394 e. The average molecular weight is 437 g/mol. The van der Waals surface area contributed by atoms with Gasteiger partial charge in [0.1, 0.15) is 17.0 Å². The summed E-state index contributed by atoms with van der Waals surface area (Å²) >= 11 is 3.64. The van der Waals surface area contributed by atoms with E-state index in [0.29, 0.717) is 16.5 Å². The third-order valence-electron chi connectivity index (χ3n) is 5.21. The number of halogens is 2. The monoisotopic (exact) mass is 436 g/mol. The lowest BCUT2D eigenvalue weighted by atomic mass is 9.94. The summed E-state index contributed by atoms with van der Waals surface area (Å²) in [6.07, 6.45) is 1.55. The minimum Gasteiger partial charge on any atom is -0.394 e. The summed E-state index contributed by atoms with van der Waals surface area (Å²) in [5.41, 5.74) is 8.42. The van der Waals surface area contributed by atoms with Gasteiger partial charge in [-0.2, -0.15) is 5.10 Å². The molecule has 0 fully saturated rings. The molecule has 0 amide bonds. The lowest BCUT2D eigenvalue weighted by molar-refractivity contribution is 0.636. The summed E-state index contributed by atoms with van der Waals surface area (Å²) in [6.45, 7) is 0. The highest BCUT2D eigenvalue weighted by Crippen LogP contribution is 2.40. The highest BCUT2D eigenvalue weighted by molar-refractivity contribution is 9.10. The third kappa shape index (κ3) is 2.16. The Balaban J connectivity index is 2.07. The molecule has 5 nitrogen and oxygen atoms in total. The molecule has 0 saturated carbocycles. The number of pyridine rings is 1. The van der Waals surface area contributed by atoms with E-state index in [4.69, 9.17) is 5.73 Å². The topological polar surface area (TPSA) is 76.7 Å². The molecule has 5 rings (SSSR count). The zero-order valence-corrected chi connectivity index (χ0v) is 16.3. The molecule has 2 heterocycles. The second-order valence-corrected chi connectivity index (χ2v) is 7.56. The minimum absolute atomic E-state index is 0.117. The maximum Gasteiger partial charge on any atom is 0.274 e. The molecular weight excluding hydrogens is 423 g/mol. The van der Waals surface area contributed by atoms with Crippen molar-refractivity contribution < 1.29 is 4.39 Å². The summed E-state index contributed by atoms with van der Waals surface area (Å²) in [7, 11) is 1.71. The molecule has 0 bridgehead atoms. The molecule has 138 valence electrons. The maximum atomic E-state index is 14.2. The second-order valence-electron chi connectivity index (χ2n) is 6.71. The standard InChI is InChI=1S/C21H14BrFN4O/c1-27-20-12-5-3-2-4-10(12)15(22)8-13(20)17(18(24)21(27)28)11-6-7-16(23)19-14(11)9-25-26-19/h2-9H,24H2,1H3,(H,25,26). The van der Waals surface area contributed by atoms with Gasteiger partial charge in [0.2, 0.25) is 0 Å². The first-order valence-electron chi connectivity index (χ1n) is 8.60. The number of aryl methyl sites for hydroxylation is 1. The fourth-order valence-corrected chi connectivity index (χ4v) is 4.49. The number of anilines is 1. The molecule has 5 aromatic rings. The zero-order valence-electron chi connectivity index (χ0n) is 14.8.